The lowest BCUT2D eigenvalue weighted by Crippen LogP contribution is -2.33. The Hall–Kier alpha value is -0.760. The third-order valence-electron chi connectivity index (χ3n) is 3.86. The molecule has 0 unspecified atom stereocenters. The van der Waals surface area contributed by atoms with Gasteiger partial charge < -0.3 is 4.74 Å². The summed E-state index contributed by atoms with van der Waals surface area (Å²) in [5.41, 5.74) is 0. The topological polar surface area (TPSA) is 26.3 Å². The average molecular weight is 285 g/mol. The molecule has 3 heteroatoms. The van der Waals surface area contributed by atoms with Gasteiger partial charge in [0.05, 0.1) is 0 Å². The summed E-state index contributed by atoms with van der Waals surface area (Å²) >= 11 is 5.93. The maximum absolute atomic E-state index is 11.5. The molecule has 1 rings (SSSR count). The lowest BCUT2D eigenvalue weighted by atomic mass is 9.75. The van der Waals surface area contributed by atoms with Crippen molar-refractivity contribution >= 4 is 17.4 Å². The van der Waals surface area contributed by atoms with Gasteiger partial charge in [0.1, 0.15) is 17.4 Å². The first-order valence-corrected chi connectivity index (χ1v) is 7.51. The summed E-state index contributed by atoms with van der Waals surface area (Å²) in [7, 11) is 0. The lowest BCUT2D eigenvalue weighted by molar-refractivity contribution is -0.111. The zero-order valence-corrected chi connectivity index (χ0v) is 13.1. The highest BCUT2D eigenvalue weighted by atomic mass is 35.5. The van der Waals surface area contributed by atoms with Gasteiger partial charge in [-0.25, -0.2) is 0 Å². The highest BCUT2D eigenvalue weighted by molar-refractivity contribution is 6.44. The molecule has 0 aromatic rings. The van der Waals surface area contributed by atoms with E-state index in [1.807, 2.05) is 0 Å². The molecule has 2 nitrogen and oxygen atoms in total. The molecule has 1 aliphatic rings. The summed E-state index contributed by atoms with van der Waals surface area (Å²) in [6.07, 6.45) is 8.23. The molecule has 0 aromatic carbocycles. The van der Waals surface area contributed by atoms with E-state index < -0.39 is 0 Å². The summed E-state index contributed by atoms with van der Waals surface area (Å²) < 4.78 is 5.81. The van der Waals surface area contributed by atoms with Gasteiger partial charge >= 0.3 is 0 Å². The van der Waals surface area contributed by atoms with E-state index in [2.05, 4.69) is 20.8 Å². The number of hydrogen-bond acceptors (Lipinski definition) is 2. The van der Waals surface area contributed by atoms with Crippen LogP contribution in [-0.2, 0) is 9.53 Å². The van der Waals surface area contributed by atoms with Crippen molar-refractivity contribution in [2.24, 2.45) is 17.8 Å². The first-order chi connectivity index (χ1) is 8.95. The van der Waals surface area contributed by atoms with E-state index in [0.717, 1.165) is 6.42 Å². The van der Waals surface area contributed by atoms with Crippen molar-refractivity contribution in [3.05, 3.63) is 23.4 Å². The Balaban J connectivity index is 2.66. The number of ether oxygens (including phenoxy) is 1. The summed E-state index contributed by atoms with van der Waals surface area (Å²) in [6.45, 7) is 8.50. The number of carbonyl (C=O) groups is 1. The van der Waals surface area contributed by atoms with E-state index in [4.69, 9.17) is 16.3 Å². The molecular formula is C16H25ClO2. The molecule has 0 amide bonds. The van der Waals surface area contributed by atoms with E-state index in [9.17, 15) is 4.79 Å². The van der Waals surface area contributed by atoms with Crippen molar-refractivity contribution in [2.45, 2.75) is 53.1 Å². The smallest absolute Gasteiger partial charge is 0.199 e. The maximum atomic E-state index is 11.5. The van der Waals surface area contributed by atoms with Gasteiger partial charge in [-0.1, -0.05) is 44.9 Å². The number of carbonyl (C=O) groups excluding carboxylic acids is 1. The minimum Gasteiger partial charge on any atom is -0.496 e. The van der Waals surface area contributed by atoms with E-state index in [-0.39, 0.29) is 16.9 Å². The Bertz CT molecular complexity index is 358. The standard InChI is InChI=1S/C16H25ClO2/c1-5-6-15(18)14(17)10-19-16-9-12(4)7-8-13(16)11(2)3/h5-6,10-13,16H,7-9H2,1-4H3/b6-5-,14-10-/t12-,13+,16-/m0/s1. The van der Waals surface area contributed by atoms with Gasteiger partial charge in [-0.3, -0.25) is 4.79 Å². The molecule has 19 heavy (non-hydrogen) atoms. The van der Waals surface area contributed by atoms with Gasteiger partial charge in [0.2, 0.25) is 0 Å². The van der Waals surface area contributed by atoms with E-state index >= 15 is 0 Å². The molecule has 1 aliphatic carbocycles. The summed E-state index contributed by atoms with van der Waals surface area (Å²) in [6, 6.07) is 0. The van der Waals surface area contributed by atoms with Gasteiger partial charge in [-0.05, 0) is 43.6 Å². The third-order valence-corrected chi connectivity index (χ3v) is 4.14. The van der Waals surface area contributed by atoms with Crippen LogP contribution in [0.15, 0.2) is 23.4 Å². The fourth-order valence-corrected chi connectivity index (χ4v) is 2.82. The second kappa shape index (κ2) is 7.74. The highest BCUT2D eigenvalue weighted by Crippen LogP contribution is 2.35. The van der Waals surface area contributed by atoms with Gasteiger partial charge in [0, 0.05) is 0 Å². The molecule has 3 atom stereocenters. The number of hydrogen-bond donors (Lipinski definition) is 0. The van der Waals surface area contributed by atoms with Crippen LogP contribution in [-0.4, -0.2) is 11.9 Å². The number of halogens is 1. The van der Waals surface area contributed by atoms with Crippen LogP contribution in [0.4, 0.5) is 0 Å². The molecular weight excluding hydrogens is 260 g/mol. The highest BCUT2D eigenvalue weighted by Gasteiger charge is 2.31. The van der Waals surface area contributed by atoms with Crippen molar-refractivity contribution in [1.82, 2.24) is 0 Å². The molecule has 108 valence electrons. The fourth-order valence-electron chi connectivity index (χ4n) is 2.71. The molecule has 1 fully saturated rings. The first kappa shape index (κ1) is 16.3. The molecule has 0 aliphatic heterocycles. The minimum absolute atomic E-state index is 0.152. The van der Waals surface area contributed by atoms with E-state index in [1.54, 1.807) is 13.0 Å². The lowest BCUT2D eigenvalue weighted by Gasteiger charge is -2.36. The van der Waals surface area contributed by atoms with Gasteiger partial charge in [0.15, 0.2) is 5.78 Å². The zero-order valence-electron chi connectivity index (χ0n) is 12.4. The number of allylic oxidation sites excluding steroid dienone is 3. The van der Waals surface area contributed by atoms with Crippen LogP contribution in [0.2, 0.25) is 0 Å². The van der Waals surface area contributed by atoms with Crippen molar-refractivity contribution in [3.8, 4) is 0 Å². The fraction of sp³-hybridized carbons (Fsp3) is 0.688. The Morgan fingerprint density at radius 3 is 2.63 bits per heavy atom. The minimum atomic E-state index is -0.200. The molecule has 0 N–H and O–H groups in total. The Labute approximate surface area is 121 Å². The van der Waals surface area contributed by atoms with E-state index in [0.29, 0.717) is 17.8 Å². The van der Waals surface area contributed by atoms with Crippen molar-refractivity contribution in [1.29, 1.82) is 0 Å². The molecule has 0 radical (unpaired) electrons. The summed E-state index contributed by atoms with van der Waals surface area (Å²) in [5, 5.41) is 0.152. The number of rotatable bonds is 5. The quantitative estimate of drug-likeness (QED) is 0.541. The van der Waals surface area contributed by atoms with Crippen LogP contribution >= 0.6 is 11.6 Å². The third kappa shape index (κ3) is 5.02. The molecule has 0 heterocycles. The van der Waals surface area contributed by atoms with Crippen molar-refractivity contribution < 1.29 is 9.53 Å². The Morgan fingerprint density at radius 1 is 1.37 bits per heavy atom. The van der Waals surface area contributed by atoms with Crippen molar-refractivity contribution in [2.75, 3.05) is 0 Å². The monoisotopic (exact) mass is 284 g/mol. The normalized spacial score (nSPS) is 28.9. The SMILES string of the molecule is C/C=C\C(=O)/C(Cl)=C/O[C@H]1C[C@@H](C)CC[C@@H]1C(C)C. The van der Waals surface area contributed by atoms with Gasteiger partial charge in [-0.15, -0.1) is 0 Å². The average Bonchev–Trinajstić information content (AvgIpc) is 2.35. The van der Waals surface area contributed by atoms with Crippen LogP contribution in [0.25, 0.3) is 0 Å². The van der Waals surface area contributed by atoms with Crippen LogP contribution in [0.1, 0.15) is 47.0 Å². The Morgan fingerprint density at radius 2 is 2.05 bits per heavy atom. The van der Waals surface area contributed by atoms with Crippen LogP contribution in [0, 0.1) is 17.8 Å². The first-order valence-electron chi connectivity index (χ1n) is 7.13. The molecule has 0 saturated heterocycles. The predicted molar refractivity (Wildman–Crippen MR) is 80.0 cm³/mol. The maximum Gasteiger partial charge on any atom is 0.199 e. The Kier molecular flexibility index (Phi) is 6.64. The van der Waals surface area contributed by atoms with Crippen LogP contribution < -0.4 is 0 Å². The predicted octanol–water partition coefficient (Wildman–Crippen LogP) is 4.69. The van der Waals surface area contributed by atoms with Gasteiger partial charge in [0.25, 0.3) is 0 Å². The second-order valence-corrected chi connectivity index (χ2v) is 6.24. The molecule has 0 aromatic heterocycles. The largest absolute Gasteiger partial charge is 0.496 e. The van der Waals surface area contributed by atoms with E-state index in [1.165, 1.54) is 25.2 Å². The van der Waals surface area contributed by atoms with Gasteiger partial charge in [-0.2, -0.15) is 0 Å². The summed E-state index contributed by atoms with van der Waals surface area (Å²) in [4.78, 5) is 11.5. The second-order valence-electron chi connectivity index (χ2n) is 5.83. The van der Waals surface area contributed by atoms with Crippen LogP contribution in [0.5, 0.6) is 0 Å². The molecule has 0 bridgehead atoms. The summed E-state index contributed by atoms with van der Waals surface area (Å²) in [5.74, 6) is 1.62. The molecule has 1 saturated carbocycles. The number of ketones is 1. The zero-order chi connectivity index (χ0) is 14.4. The molecule has 0 spiro atoms. The van der Waals surface area contributed by atoms with Crippen molar-refractivity contribution in [3.63, 3.8) is 0 Å². The van der Waals surface area contributed by atoms with Crippen LogP contribution in [0.3, 0.4) is 0 Å².